The number of carbonyl (C=O) groups is 1. The topological polar surface area (TPSA) is 53.8 Å². The highest BCUT2D eigenvalue weighted by atomic mass is 32.2. The minimum Gasteiger partial charge on any atom is -0.303 e. The van der Waals surface area contributed by atoms with E-state index >= 15 is 0 Å². The lowest BCUT2D eigenvalue weighted by Crippen LogP contribution is -2.26. The molecule has 0 aromatic heterocycles. The van der Waals surface area contributed by atoms with E-state index < -0.39 is 0 Å². The number of nitrogens with zero attached hydrogens (tertiary/aromatic N) is 2. The van der Waals surface area contributed by atoms with E-state index in [1.165, 1.54) is 28.5 Å². The van der Waals surface area contributed by atoms with Crippen molar-refractivity contribution >= 4 is 29.1 Å². The number of thioether (sulfide) groups is 1. The normalized spacial score (nSPS) is 19.2. The number of nitrogens with one attached hydrogen (secondary N) is 1. The Hall–Kier alpha value is -2.40. The van der Waals surface area contributed by atoms with Gasteiger partial charge in [0.25, 0.3) is 0 Å². The lowest BCUT2D eigenvalue weighted by molar-refractivity contribution is -0.118. The number of carbonyl (C=O) groups excluding carboxylic acids is 1. The lowest BCUT2D eigenvalue weighted by Gasteiger charge is -2.07. The molecule has 0 bridgehead atoms. The molecule has 4 nitrogen and oxygen atoms in total. The summed E-state index contributed by atoms with van der Waals surface area (Å²) < 4.78 is 0. The summed E-state index contributed by atoms with van der Waals surface area (Å²) >= 11 is 1.44. The summed E-state index contributed by atoms with van der Waals surface area (Å²) in [7, 11) is 0. The summed E-state index contributed by atoms with van der Waals surface area (Å²) in [5, 5.41) is 11.4. The quantitative estimate of drug-likeness (QED) is 0.686. The molecule has 5 heteroatoms. The van der Waals surface area contributed by atoms with Gasteiger partial charge in [-0.3, -0.25) is 4.79 Å². The summed E-state index contributed by atoms with van der Waals surface area (Å²) in [6.45, 7) is 4.10. The van der Waals surface area contributed by atoms with Crippen LogP contribution >= 0.6 is 11.8 Å². The zero-order chi connectivity index (χ0) is 16.9. The maximum absolute atomic E-state index is 12.1. The monoisotopic (exact) mass is 337 g/mol. The Morgan fingerprint density at radius 1 is 1.17 bits per heavy atom. The smallest absolute Gasteiger partial charge is 0.239 e. The van der Waals surface area contributed by atoms with Crippen molar-refractivity contribution in [2.45, 2.75) is 25.5 Å². The number of amides is 1. The molecule has 0 saturated carbocycles. The van der Waals surface area contributed by atoms with Crippen LogP contribution in [0.5, 0.6) is 0 Å². The first-order valence-corrected chi connectivity index (χ1v) is 8.69. The molecule has 0 radical (unpaired) electrons. The molecule has 3 rings (SSSR count). The maximum atomic E-state index is 12.1. The summed E-state index contributed by atoms with van der Waals surface area (Å²) in [6, 6.07) is 16.2. The van der Waals surface area contributed by atoms with E-state index in [4.69, 9.17) is 0 Å². The summed E-state index contributed by atoms with van der Waals surface area (Å²) in [5.74, 6) is -0.00670. The van der Waals surface area contributed by atoms with Gasteiger partial charge in [0, 0.05) is 0 Å². The van der Waals surface area contributed by atoms with Gasteiger partial charge in [0.15, 0.2) is 5.17 Å². The van der Waals surface area contributed by atoms with E-state index in [1.807, 2.05) is 43.3 Å². The van der Waals surface area contributed by atoms with E-state index in [-0.39, 0.29) is 11.2 Å². The molecule has 122 valence electrons. The standard InChI is InChI=1S/C19H19N3OS/c1-13-6-5-8-15(10-13)12-20-22-19-21-18(23)17(24-19)11-16-9-4-3-7-14(16)2/h3-10,12,17H,11H2,1-2H3,(H,21,22,23)/b20-12-/t17-/m0/s1. The molecule has 1 atom stereocenters. The van der Waals surface area contributed by atoms with Gasteiger partial charge in [0.05, 0.1) is 11.5 Å². The summed E-state index contributed by atoms with van der Waals surface area (Å²) in [6.07, 6.45) is 2.39. The predicted molar refractivity (Wildman–Crippen MR) is 101 cm³/mol. The molecule has 1 amide bonds. The van der Waals surface area contributed by atoms with Gasteiger partial charge in [-0.25, -0.2) is 0 Å². The van der Waals surface area contributed by atoms with Crippen LogP contribution in [0.1, 0.15) is 22.3 Å². The van der Waals surface area contributed by atoms with Gasteiger partial charge >= 0.3 is 0 Å². The van der Waals surface area contributed by atoms with Crippen molar-refractivity contribution in [3.8, 4) is 0 Å². The average Bonchev–Trinajstić information content (AvgIpc) is 2.90. The third kappa shape index (κ3) is 4.11. The zero-order valence-corrected chi connectivity index (χ0v) is 14.5. The first-order chi connectivity index (χ1) is 11.6. The van der Waals surface area contributed by atoms with Crippen LogP contribution in [-0.2, 0) is 11.2 Å². The van der Waals surface area contributed by atoms with Crippen molar-refractivity contribution in [3.63, 3.8) is 0 Å². The van der Waals surface area contributed by atoms with Crippen molar-refractivity contribution < 1.29 is 4.79 Å². The fraction of sp³-hybridized carbons (Fsp3) is 0.211. The van der Waals surface area contributed by atoms with Gasteiger partial charge < -0.3 is 5.32 Å². The minimum atomic E-state index is -0.154. The van der Waals surface area contributed by atoms with Gasteiger partial charge in [-0.1, -0.05) is 65.9 Å². The summed E-state index contributed by atoms with van der Waals surface area (Å²) in [5.41, 5.74) is 4.56. The fourth-order valence-electron chi connectivity index (χ4n) is 2.52. The first kappa shape index (κ1) is 16.5. The molecule has 0 unspecified atom stereocenters. The van der Waals surface area contributed by atoms with Gasteiger partial charge in [-0.15, -0.1) is 5.10 Å². The predicted octanol–water partition coefficient (Wildman–Crippen LogP) is 3.47. The van der Waals surface area contributed by atoms with E-state index in [1.54, 1.807) is 6.21 Å². The number of hydrogen-bond acceptors (Lipinski definition) is 4. The number of rotatable bonds is 4. The molecule has 0 spiro atoms. The third-order valence-corrected chi connectivity index (χ3v) is 4.91. The Kier molecular flexibility index (Phi) is 5.11. The average molecular weight is 337 g/mol. The number of hydrogen-bond donors (Lipinski definition) is 1. The van der Waals surface area contributed by atoms with Crippen LogP contribution in [0.2, 0.25) is 0 Å². The first-order valence-electron chi connectivity index (χ1n) is 7.81. The molecular formula is C19H19N3OS. The molecule has 1 N–H and O–H groups in total. The van der Waals surface area contributed by atoms with Gasteiger partial charge in [-0.2, -0.15) is 5.10 Å². The molecule has 24 heavy (non-hydrogen) atoms. The van der Waals surface area contributed by atoms with E-state index in [2.05, 4.69) is 34.6 Å². The zero-order valence-electron chi connectivity index (χ0n) is 13.7. The molecule has 1 saturated heterocycles. The molecular weight excluding hydrogens is 318 g/mol. The Morgan fingerprint density at radius 2 is 2.00 bits per heavy atom. The van der Waals surface area contributed by atoms with Crippen LogP contribution in [0.25, 0.3) is 0 Å². The lowest BCUT2D eigenvalue weighted by atomic mass is 10.0. The SMILES string of the molecule is Cc1cccc(/C=N\N=C2/NC(=O)[C@H](Cc3ccccc3C)S2)c1. The number of amidine groups is 1. The van der Waals surface area contributed by atoms with Crippen LogP contribution in [0.15, 0.2) is 58.7 Å². The Bertz CT molecular complexity index is 814. The van der Waals surface area contributed by atoms with Crippen LogP contribution < -0.4 is 5.32 Å². The van der Waals surface area contributed by atoms with E-state index in [0.29, 0.717) is 11.6 Å². The molecule has 2 aromatic rings. The Balaban J connectivity index is 1.65. The van der Waals surface area contributed by atoms with Crippen LogP contribution in [0, 0.1) is 13.8 Å². The van der Waals surface area contributed by atoms with Gasteiger partial charge in [0.2, 0.25) is 5.91 Å². The van der Waals surface area contributed by atoms with Crippen molar-refractivity contribution in [1.29, 1.82) is 0 Å². The highest BCUT2D eigenvalue weighted by molar-refractivity contribution is 8.15. The molecule has 1 aliphatic heterocycles. The largest absolute Gasteiger partial charge is 0.303 e. The highest BCUT2D eigenvalue weighted by Gasteiger charge is 2.30. The van der Waals surface area contributed by atoms with Crippen molar-refractivity contribution in [2.75, 3.05) is 0 Å². The number of benzene rings is 2. The van der Waals surface area contributed by atoms with Crippen molar-refractivity contribution in [1.82, 2.24) is 5.32 Å². The second-order valence-corrected chi connectivity index (χ2v) is 6.98. The second kappa shape index (κ2) is 7.45. The van der Waals surface area contributed by atoms with E-state index in [9.17, 15) is 4.79 Å². The molecule has 0 aliphatic carbocycles. The van der Waals surface area contributed by atoms with Crippen LogP contribution in [0.4, 0.5) is 0 Å². The molecule has 1 heterocycles. The Morgan fingerprint density at radius 3 is 2.79 bits per heavy atom. The Labute approximate surface area is 146 Å². The second-order valence-electron chi connectivity index (χ2n) is 5.79. The molecule has 1 aliphatic rings. The summed E-state index contributed by atoms with van der Waals surface area (Å²) in [4.78, 5) is 12.1. The van der Waals surface area contributed by atoms with E-state index in [0.717, 1.165) is 5.56 Å². The number of aryl methyl sites for hydroxylation is 2. The third-order valence-electron chi connectivity index (χ3n) is 3.84. The van der Waals surface area contributed by atoms with Crippen molar-refractivity contribution in [3.05, 3.63) is 70.8 Å². The van der Waals surface area contributed by atoms with Crippen LogP contribution in [0.3, 0.4) is 0 Å². The molecule has 2 aromatic carbocycles. The molecule has 1 fully saturated rings. The fourth-order valence-corrected chi connectivity index (χ4v) is 3.48. The maximum Gasteiger partial charge on any atom is 0.239 e. The van der Waals surface area contributed by atoms with Gasteiger partial charge in [0.1, 0.15) is 0 Å². The van der Waals surface area contributed by atoms with Crippen LogP contribution in [-0.4, -0.2) is 22.5 Å². The van der Waals surface area contributed by atoms with Crippen molar-refractivity contribution in [2.24, 2.45) is 10.2 Å². The minimum absolute atomic E-state index is 0.00670. The van der Waals surface area contributed by atoms with Gasteiger partial charge in [-0.05, 0) is 37.0 Å². The highest BCUT2D eigenvalue weighted by Crippen LogP contribution is 2.24.